The van der Waals surface area contributed by atoms with Gasteiger partial charge in [0.25, 0.3) is 0 Å². The van der Waals surface area contributed by atoms with Crippen molar-refractivity contribution in [1.29, 1.82) is 0 Å². The van der Waals surface area contributed by atoms with E-state index in [1.807, 2.05) is 0 Å². The molecule has 0 saturated heterocycles. The fraction of sp³-hybridized carbons (Fsp3) is 0.231. The second-order valence-electron chi connectivity index (χ2n) is 3.22. The number of hydrogen-bond donors (Lipinski definition) is 0. The zero-order valence-electron chi connectivity index (χ0n) is 9.55. The lowest BCUT2D eigenvalue weighted by Crippen LogP contribution is -2.31. The molecule has 0 aliphatic heterocycles. The Kier molecular flexibility index (Phi) is 4.78. The predicted octanol–water partition coefficient (Wildman–Crippen LogP) is 1.33. The first-order valence-electron chi connectivity index (χ1n) is 5.01. The van der Waals surface area contributed by atoms with Gasteiger partial charge in [0.2, 0.25) is 10.0 Å². The van der Waals surface area contributed by atoms with Crippen LogP contribution in [0.15, 0.2) is 35.2 Å². The highest BCUT2D eigenvalue weighted by Gasteiger charge is 2.22. The number of terminal acetylenes is 1. The second-order valence-corrected chi connectivity index (χ2v) is 5.15. The van der Waals surface area contributed by atoms with Gasteiger partial charge in [-0.3, -0.25) is 0 Å². The first kappa shape index (κ1) is 13.3. The van der Waals surface area contributed by atoms with Crippen LogP contribution in [0.4, 0.5) is 0 Å². The smallest absolute Gasteiger partial charge is 0.207 e. The molecular weight excluding hydrogens is 234 g/mol. The molecule has 0 unspecified atom stereocenters. The van der Waals surface area contributed by atoms with Crippen LogP contribution in [0.1, 0.15) is 6.92 Å². The quantitative estimate of drug-likeness (QED) is 0.753. The number of nitrogens with zero attached hydrogens (tertiary/aromatic N) is 1. The minimum atomic E-state index is -3.55. The van der Waals surface area contributed by atoms with Crippen molar-refractivity contribution in [1.82, 2.24) is 4.31 Å². The Balaban J connectivity index is 3.08. The number of sulfonamides is 1. The van der Waals surface area contributed by atoms with Gasteiger partial charge in [0.15, 0.2) is 0 Å². The van der Waals surface area contributed by atoms with Crippen LogP contribution >= 0.6 is 0 Å². The van der Waals surface area contributed by atoms with E-state index < -0.39 is 10.0 Å². The molecule has 0 fully saturated rings. The third-order valence-corrected chi connectivity index (χ3v) is 3.89. The van der Waals surface area contributed by atoms with E-state index in [1.54, 1.807) is 25.1 Å². The van der Waals surface area contributed by atoms with Gasteiger partial charge in [-0.25, -0.2) is 8.42 Å². The number of benzene rings is 1. The summed E-state index contributed by atoms with van der Waals surface area (Å²) in [7, 11) is -3.55. The van der Waals surface area contributed by atoms with E-state index in [1.165, 1.54) is 16.4 Å². The lowest BCUT2D eigenvalue weighted by molar-refractivity contribution is 0.482. The van der Waals surface area contributed by atoms with E-state index in [0.29, 0.717) is 0 Å². The van der Waals surface area contributed by atoms with Crippen LogP contribution in [-0.4, -0.2) is 25.8 Å². The maximum atomic E-state index is 12.2. The van der Waals surface area contributed by atoms with E-state index >= 15 is 0 Å². The molecule has 0 atom stereocenters. The van der Waals surface area contributed by atoms with E-state index in [9.17, 15) is 8.42 Å². The Morgan fingerprint density at radius 2 is 1.88 bits per heavy atom. The van der Waals surface area contributed by atoms with Gasteiger partial charge in [0.05, 0.1) is 18.0 Å². The molecule has 0 N–H and O–H groups in total. The van der Waals surface area contributed by atoms with Crippen LogP contribution in [0.2, 0.25) is 0 Å². The van der Waals surface area contributed by atoms with Crippen LogP contribution in [0.25, 0.3) is 0 Å². The van der Waals surface area contributed by atoms with Crippen LogP contribution in [0.5, 0.6) is 0 Å². The van der Waals surface area contributed by atoms with Crippen molar-refractivity contribution in [2.45, 2.75) is 11.8 Å². The fourth-order valence-electron chi connectivity index (χ4n) is 1.24. The first-order valence-corrected chi connectivity index (χ1v) is 6.45. The molecule has 0 heterocycles. The standard InChI is InChI=1S/C13H13NO2S/c1-3-5-12-14(11-4-2)17(15,16)13-9-7-6-8-10-13/h2,6-10H,11-12H2,1H3. The normalized spacial score (nSPS) is 10.4. The van der Waals surface area contributed by atoms with E-state index in [0.717, 1.165) is 0 Å². The molecule has 1 aromatic rings. The fourth-order valence-corrected chi connectivity index (χ4v) is 2.51. The second kappa shape index (κ2) is 6.10. The maximum Gasteiger partial charge on any atom is 0.244 e. The number of rotatable bonds is 4. The molecule has 0 spiro atoms. The molecule has 0 aliphatic carbocycles. The Morgan fingerprint density at radius 1 is 1.24 bits per heavy atom. The SMILES string of the molecule is C#CCN(CC#CC)S(=O)(=O)c1ccccc1. The van der Waals surface area contributed by atoms with Crippen LogP contribution < -0.4 is 0 Å². The zero-order valence-corrected chi connectivity index (χ0v) is 10.4. The molecule has 0 saturated carbocycles. The Bertz CT molecular complexity index is 559. The average Bonchev–Trinajstić information content (AvgIpc) is 2.35. The van der Waals surface area contributed by atoms with Gasteiger partial charge >= 0.3 is 0 Å². The summed E-state index contributed by atoms with van der Waals surface area (Å²) in [6, 6.07) is 8.19. The van der Waals surface area contributed by atoms with Crippen LogP contribution in [-0.2, 0) is 10.0 Å². The van der Waals surface area contributed by atoms with Gasteiger partial charge in [-0.2, -0.15) is 4.31 Å². The molecule has 0 amide bonds. The Hall–Kier alpha value is -1.75. The molecule has 1 aromatic carbocycles. The van der Waals surface area contributed by atoms with Crippen molar-refractivity contribution in [2.75, 3.05) is 13.1 Å². The largest absolute Gasteiger partial charge is 0.244 e. The van der Waals surface area contributed by atoms with Gasteiger partial charge in [0, 0.05) is 0 Å². The van der Waals surface area contributed by atoms with Gasteiger partial charge in [0.1, 0.15) is 0 Å². The zero-order chi connectivity index (χ0) is 12.7. The first-order chi connectivity index (χ1) is 8.12. The van der Waals surface area contributed by atoms with Gasteiger partial charge in [-0.05, 0) is 19.1 Å². The molecular formula is C13H13NO2S. The van der Waals surface area contributed by atoms with E-state index in [4.69, 9.17) is 6.42 Å². The van der Waals surface area contributed by atoms with Crippen LogP contribution in [0, 0.1) is 24.2 Å². The summed E-state index contributed by atoms with van der Waals surface area (Å²) in [4.78, 5) is 0.230. The molecule has 0 radical (unpaired) electrons. The summed E-state index contributed by atoms with van der Waals surface area (Å²) in [6.07, 6.45) is 5.17. The van der Waals surface area contributed by atoms with Gasteiger partial charge in [-0.15, -0.1) is 12.3 Å². The van der Waals surface area contributed by atoms with Gasteiger partial charge < -0.3 is 0 Å². The van der Waals surface area contributed by atoms with E-state index in [-0.39, 0.29) is 18.0 Å². The number of hydrogen-bond acceptors (Lipinski definition) is 2. The summed E-state index contributed by atoms with van der Waals surface area (Å²) >= 11 is 0. The third-order valence-electron chi connectivity index (χ3n) is 2.08. The highest BCUT2D eigenvalue weighted by atomic mass is 32.2. The molecule has 0 aromatic heterocycles. The van der Waals surface area contributed by atoms with Crippen molar-refractivity contribution < 1.29 is 8.42 Å². The minimum absolute atomic E-state index is 0.0197. The van der Waals surface area contributed by atoms with Crippen molar-refractivity contribution >= 4 is 10.0 Å². The van der Waals surface area contributed by atoms with Gasteiger partial charge in [-0.1, -0.05) is 30.0 Å². The molecule has 1 rings (SSSR count). The summed E-state index contributed by atoms with van der Waals surface area (Å²) in [5.74, 6) is 7.70. The topological polar surface area (TPSA) is 37.4 Å². The Morgan fingerprint density at radius 3 is 2.41 bits per heavy atom. The average molecular weight is 247 g/mol. The lowest BCUT2D eigenvalue weighted by atomic mass is 10.4. The molecule has 17 heavy (non-hydrogen) atoms. The molecule has 4 heteroatoms. The molecule has 88 valence electrons. The highest BCUT2D eigenvalue weighted by Crippen LogP contribution is 2.14. The van der Waals surface area contributed by atoms with Crippen molar-refractivity contribution in [3.63, 3.8) is 0 Å². The van der Waals surface area contributed by atoms with E-state index in [2.05, 4.69) is 17.8 Å². The monoisotopic (exact) mass is 247 g/mol. The lowest BCUT2D eigenvalue weighted by Gasteiger charge is -2.17. The summed E-state index contributed by atoms with van der Waals surface area (Å²) < 4.78 is 25.6. The van der Waals surface area contributed by atoms with Crippen molar-refractivity contribution in [2.24, 2.45) is 0 Å². The molecule has 0 bridgehead atoms. The highest BCUT2D eigenvalue weighted by molar-refractivity contribution is 7.89. The molecule has 0 aliphatic rings. The van der Waals surface area contributed by atoms with Crippen LogP contribution in [0.3, 0.4) is 0 Å². The predicted molar refractivity (Wildman–Crippen MR) is 67.5 cm³/mol. The summed E-state index contributed by atoms with van der Waals surface area (Å²) in [5.41, 5.74) is 0. The third kappa shape index (κ3) is 3.35. The summed E-state index contributed by atoms with van der Waals surface area (Å²) in [6.45, 7) is 1.78. The Labute approximate surface area is 103 Å². The maximum absolute atomic E-state index is 12.2. The van der Waals surface area contributed by atoms with Crippen molar-refractivity contribution in [3.8, 4) is 24.2 Å². The minimum Gasteiger partial charge on any atom is -0.207 e. The molecule has 3 nitrogen and oxygen atoms in total. The summed E-state index contributed by atoms with van der Waals surface area (Å²) in [5, 5.41) is 0. The van der Waals surface area contributed by atoms with Crippen molar-refractivity contribution in [3.05, 3.63) is 30.3 Å².